The highest BCUT2D eigenvalue weighted by Gasteiger charge is 2.32. The zero-order valence-corrected chi connectivity index (χ0v) is 33.8. The smallest absolute Gasteiger partial charge is 0.0671 e. The second-order valence-electron chi connectivity index (χ2n) is 15.3. The van der Waals surface area contributed by atoms with Gasteiger partial charge in [0.25, 0.3) is 0 Å². The van der Waals surface area contributed by atoms with Gasteiger partial charge in [-0.15, -0.1) is 0 Å². The standard InChI is InChI=1S/C34H56Si6/c1-35(2)29-13-17-31(18-14-29)37(5,6)25-27-39(9,10)33-21-23-34(24-22-33)40(11,12)28-26-38(7,8)32-19-15-30(16-20-32)36(3)4/h13-24H,25-28H2,1-12H3. The summed E-state index contributed by atoms with van der Waals surface area (Å²) in [5, 5.41) is 9.69. The Hall–Kier alpha value is -1.04. The molecule has 0 spiro atoms. The summed E-state index contributed by atoms with van der Waals surface area (Å²) in [6.07, 6.45) is 0. The molecule has 0 saturated heterocycles. The van der Waals surface area contributed by atoms with Gasteiger partial charge < -0.3 is 0 Å². The van der Waals surface area contributed by atoms with Gasteiger partial charge in [-0.25, -0.2) is 0 Å². The van der Waals surface area contributed by atoms with Crippen molar-refractivity contribution in [3.05, 3.63) is 72.8 Å². The van der Waals surface area contributed by atoms with Gasteiger partial charge in [0.05, 0.1) is 49.9 Å². The van der Waals surface area contributed by atoms with Gasteiger partial charge in [0.2, 0.25) is 0 Å². The molecule has 0 aromatic heterocycles. The molecule has 0 aliphatic carbocycles. The van der Waals surface area contributed by atoms with E-state index in [2.05, 4.69) is 151 Å². The maximum Gasteiger partial charge on any atom is 0.0803 e. The van der Waals surface area contributed by atoms with E-state index in [1.807, 2.05) is 0 Å². The molecule has 3 aromatic carbocycles. The van der Waals surface area contributed by atoms with Crippen molar-refractivity contribution in [1.82, 2.24) is 0 Å². The number of hydrogen-bond acceptors (Lipinski definition) is 0. The van der Waals surface area contributed by atoms with Crippen molar-refractivity contribution in [1.29, 1.82) is 0 Å². The molecule has 3 rings (SSSR count). The topological polar surface area (TPSA) is 0 Å². The summed E-state index contributed by atoms with van der Waals surface area (Å²) in [7, 11) is -6.52. The minimum Gasteiger partial charge on any atom is -0.0671 e. The van der Waals surface area contributed by atoms with Crippen molar-refractivity contribution in [3.8, 4) is 0 Å². The quantitative estimate of drug-likeness (QED) is 0.196. The Morgan fingerprint density at radius 1 is 0.350 bits per heavy atom. The molecule has 0 saturated carbocycles. The average molecular weight is 633 g/mol. The third-order valence-corrected chi connectivity index (χ3v) is 27.2. The molecule has 0 bridgehead atoms. The highest BCUT2D eigenvalue weighted by molar-refractivity contribution is 6.96. The van der Waals surface area contributed by atoms with Crippen LogP contribution in [0.2, 0.25) is 103 Å². The third kappa shape index (κ3) is 8.51. The van der Waals surface area contributed by atoms with E-state index < -0.39 is 32.3 Å². The van der Waals surface area contributed by atoms with Crippen LogP contribution in [0, 0.1) is 0 Å². The molecule has 0 unspecified atom stereocenters. The van der Waals surface area contributed by atoms with Gasteiger partial charge in [-0.05, 0) is 0 Å². The summed E-state index contributed by atoms with van der Waals surface area (Å²) in [5.41, 5.74) is 0. The molecular weight excluding hydrogens is 577 g/mol. The molecule has 3 aromatic rings. The maximum absolute atomic E-state index is 2.60. The van der Waals surface area contributed by atoms with Crippen LogP contribution < -0.4 is 31.1 Å². The molecule has 0 nitrogen and oxygen atoms in total. The average Bonchev–Trinajstić information content (AvgIpc) is 2.91. The summed E-state index contributed by atoms with van der Waals surface area (Å²) in [6.45, 7) is 30.3. The van der Waals surface area contributed by atoms with Gasteiger partial charge in [-0.1, -0.05) is 207 Å². The molecular formula is C34H56Si6. The van der Waals surface area contributed by atoms with Gasteiger partial charge in [0.1, 0.15) is 0 Å². The van der Waals surface area contributed by atoms with Gasteiger partial charge in [0.15, 0.2) is 0 Å². The Bertz CT molecular complexity index is 1120. The molecule has 216 valence electrons. The fraction of sp³-hybridized carbons (Fsp3) is 0.471. The molecule has 0 aliphatic heterocycles. The first-order valence-electron chi connectivity index (χ1n) is 15.4. The lowest BCUT2D eigenvalue weighted by Gasteiger charge is -2.31. The van der Waals surface area contributed by atoms with Crippen LogP contribution in [0.1, 0.15) is 0 Å². The Morgan fingerprint density at radius 3 is 0.700 bits per heavy atom. The van der Waals surface area contributed by atoms with Crippen molar-refractivity contribution in [3.63, 3.8) is 0 Å². The van der Waals surface area contributed by atoms with Crippen molar-refractivity contribution < 1.29 is 0 Å². The lowest BCUT2D eigenvalue weighted by molar-refractivity contribution is 1.29. The number of benzene rings is 3. The zero-order valence-electron chi connectivity index (χ0n) is 27.8. The molecule has 0 atom stereocenters. The summed E-state index contributed by atoms with van der Waals surface area (Å²) < 4.78 is 0. The molecule has 6 heteroatoms. The zero-order chi connectivity index (χ0) is 29.9. The minimum absolute atomic E-state index is 0.358. The highest BCUT2D eigenvalue weighted by Crippen LogP contribution is 2.23. The first-order valence-corrected chi connectivity index (χ1v) is 33.2. The monoisotopic (exact) mass is 632 g/mol. The maximum atomic E-state index is 2.60. The molecule has 0 N–H and O–H groups in total. The molecule has 0 amide bonds. The number of hydrogen-bond donors (Lipinski definition) is 0. The minimum atomic E-state index is -1.47. The van der Waals surface area contributed by atoms with Crippen LogP contribution in [-0.4, -0.2) is 49.9 Å². The van der Waals surface area contributed by atoms with E-state index in [0.29, 0.717) is 0 Å². The Balaban J connectivity index is 1.64. The van der Waals surface area contributed by atoms with Crippen LogP contribution in [0.15, 0.2) is 72.8 Å². The van der Waals surface area contributed by atoms with E-state index in [-0.39, 0.29) is 17.6 Å². The molecule has 0 fully saturated rings. The summed E-state index contributed by atoms with van der Waals surface area (Å²) in [4.78, 5) is 0. The predicted molar refractivity (Wildman–Crippen MR) is 201 cm³/mol. The van der Waals surface area contributed by atoms with E-state index in [1.54, 1.807) is 31.1 Å². The van der Waals surface area contributed by atoms with Gasteiger partial charge in [-0.3, -0.25) is 0 Å². The van der Waals surface area contributed by atoms with Crippen molar-refractivity contribution in [2.45, 2.75) is 103 Å². The molecule has 2 radical (unpaired) electrons. The Kier molecular flexibility index (Phi) is 10.9. The van der Waals surface area contributed by atoms with E-state index in [4.69, 9.17) is 0 Å². The molecule has 40 heavy (non-hydrogen) atoms. The molecule has 0 aliphatic rings. The SMILES string of the molecule is C[Si](C)c1ccc([Si](C)(C)CC[Si](C)(C)c2ccc([Si](C)(C)CC[Si](C)(C)c3ccc([Si](C)C)cc3)cc2)cc1. The van der Waals surface area contributed by atoms with Crippen molar-refractivity contribution >= 4 is 81.0 Å². The van der Waals surface area contributed by atoms with E-state index in [1.165, 1.54) is 24.2 Å². The van der Waals surface area contributed by atoms with E-state index in [9.17, 15) is 0 Å². The first kappa shape index (κ1) is 33.5. The second kappa shape index (κ2) is 13.1. The first-order chi connectivity index (χ1) is 18.4. The lowest BCUT2D eigenvalue weighted by Crippen LogP contribution is -2.49. The van der Waals surface area contributed by atoms with Crippen LogP contribution in [0.5, 0.6) is 0 Å². The highest BCUT2D eigenvalue weighted by atomic mass is 28.3. The van der Waals surface area contributed by atoms with Crippen LogP contribution in [-0.2, 0) is 0 Å². The summed E-state index contributed by atoms with van der Waals surface area (Å²) in [6, 6.07) is 35.2. The van der Waals surface area contributed by atoms with Gasteiger partial charge in [0, 0.05) is 0 Å². The van der Waals surface area contributed by atoms with Crippen LogP contribution in [0.4, 0.5) is 0 Å². The lowest BCUT2D eigenvalue weighted by atomic mass is 10.4. The van der Waals surface area contributed by atoms with Crippen molar-refractivity contribution in [2.24, 2.45) is 0 Å². The number of rotatable bonds is 12. The normalized spacial score (nSPS) is 13.3. The van der Waals surface area contributed by atoms with Crippen LogP contribution in [0.25, 0.3) is 0 Å². The van der Waals surface area contributed by atoms with Crippen LogP contribution >= 0.6 is 0 Å². The predicted octanol–water partition coefficient (Wildman–Crippen LogP) is 6.67. The third-order valence-electron chi connectivity index (χ3n) is 9.69. The van der Waals surface area contributed by atoms with Crippen LogP contribution in [0.3, 0.4) is 0 Å². The molecule has 0 heterocycles. The Morgan fingerprint density at radius 2 is 0.525 bits per heavy atom. The summed E-state index contributed by atoms with van der Waals surface area (Å²) >= 11 is 0. The summed E-state index contributed by atoms with van der Waals surface area (Å²) in [5.74, 6) is 0. The van der Waals surface area contributed by atoms with Gasteiger partial charge >= 0.3 is 0 Å². The fourth-order valence-electron chi connectivity index (χ4n) is 5.71. The van der Waals surface area contributed by atoms with Crippen molar-refractivity contribution in [2.75, 3.05) is 0 Å². The van der Waals surface area contributed by atoms with E-state index >= 15 is 0 Å². The van der Waals surface area contributed by atoms with E-state index in [0.717, 1.165) is 0 Å². The second-order valence-corrected chi connectivity index (χ2v) is 39.8. The fourth-order valence-corrected chi connectivity index (χ4v) is 22.8. The Labute approximate surface area is 255 Å². The largest absolute Gasteiger partial charge is 0.0803 e. The van der Waals surface area contributed by atoms with Gasteiger partial charge in [-0.2, -0.15) is 0 Å².